The van der Waals surface area contributed by atoms with Crippen LogP contribution in [-0.4, -0.2) is 4.98 Å². The average Bonchev–Trinajstić information content (AvgIpc) is 2.41. The summed E-state index contributed by atoms with van der Waals surface area (Å²) >= 11 is 0. The third-order valence-corrected chi connectivity index (χ3v) is 2.28. The minimum atomic E-state index is 0.659. The summed E-state index contributed by atoms with van der Waals surface area (Å²) in [5, 5.41) is 0. The molecule has 0 unspecified atom stereocenters. The minimum Gasteiger partial charge on any atom is -0.473 e. The highest BCUT2D eigenvalue weighted by Gasteiger charge is 2.04. The van der Waals surface area contributed by atoms with Gasteiger partial charge in [-0.1, -0.05) is 13.8 Å². The van der Waals surface area contributed by atoms with Crippen LogP contribution in [0.1, 0.15) is 30.7 Å². The average molecular weight is 201 g/mol. The highest BCUT2D eigenvalue weighted by atomic mass is 16.5. The van der Waals surface area contributed by atoms with Crippen molar-refractivity contribution >= 4 is 12.2 Å². The van der Waals surface area contributed by atoms with Gasteiger partial charge in [-0.05, 0) is 36.1 Å². The van der Waals surface area contributed by atoms with Gasteiger partial charge in [0.05, 0.1) is 18.2 Å². The lowest BCUT2D eigenvalue weighted by Gasteiger charge is -2.06. The molecule has 2 heterocycles. The van der Waals surface area contributed by atoms with Gasteiger partial charge in [-0.3, -0.25) is 4.98 Å². The monoisotopic (exact) mass is 201 g/mol. The molecule has 0 saturated heterocycles. The van der Waals surface area contributed by atoms with Crippen LogP contribution in [0.2, 0.25) is 0 Å². The fourth-order valence-corrected chi connectivity index (χ4v) is 1.66. The van der Waals surface area contributed by atoms with E-state index in [-0.39, 0.29) is 0 Å². The standard InChI is InChI=1S/C13H15NO/c1-10(2)7-11-8-12-3-5-15-6-4-13(12)14-9-11/h3-6,8-10H,7H2,1-2H3. The topological polar surface area (TPSA) is 22.1 Å². The number of rotatable bonds is 2. The van der Waals surface area contributed by atoms with Crippen molar-refractivity contribution < 1.29 is 4.74 Å². The summed E-state index contributed by atoms with van der Waals surface area (Å²) in [5.74, 6) is 0.659. The van der Waals surface area contributed by atoms with E-state index in [4.69, 9.17) is 4.74 Å². The molecule has 2 heteroatoms. The van der Waals surface area contributed by atoms with E-state index in [1.54, 1.807) is 12.5 Å². The van der Waals surface area contributed by atoms with Gasteiger partial charge in [0.1, 0.15) is 0 Å². The Balaban J connectivity index is 2.32. The molecule has 1 aliphatic heterocycles. The lowest BCUT2D eigenvalue weighted by Crippen LogP contribution is -1.97. The van der Waals surface area contributed by atoms with Gasteiger partial charge in [-0.25, -0.2) is 0 Å². The van der Waals surface area contributed by atoms with Crippen molar-refractivity contribution in [2.45, 2.75) is 20.3 Å². The lowest BCUT2D eigenvalue weighted by molar-refractivity contribution is 0.411. The summed E-state index contributed by atoms with van der Waals surface area (Å²) in [6.45, 7) is 4.43. The van der Waals surface area contributed by atoms with Crippen LogP contribution in [0.5, 0.6) is 0 Å². The molecule has 0 aromatic carbocycles. The maximum absolute atomic E-state index is 5.10. The fraction of sp³-hybridized carbons (Fsp3) is 0.308. The van der Waals surface area contributed by atoms with Crippen molar-refractivity contribution in [1.29, 1.82) is 0 Å². The van der Waals surface area contributed by atoms with Gasteiger partial charge >= 0.3 is 0 Å². The molecule has 78 valence electrons. The van der Waals surface area contributed by atoms with Crippen LogP contribution in [0.25, 0.3) is 12.2 Å². The highest BCUT2D eigenvalue weighted by molar-refractivity contribution is 5.63. The van der Waals surface area contributed by atoms with Gasteiger partial charge in [0.25, 0.3) is 0 Å². The van der Waals surface area contributed by atoms with E-state index in [0.717, 1.165) is 17.7 Å². The molecule has 15 heavy (non-hydrogen) atoms. The number of nitrogens with zero attached hydrogens (tertiary/aromatic N) is 1. The minimum absolute atomic E-state index is 0.659. The van der Waals surface area contributed by atoms with Crippen LogP contribution in [0.3, 0.4) is 0 Å². The molecule has 0 aliphatic carbocycles. The van der Waals surface area contributed by atoms with Gasteiger partial charge in [-0.2, -0.15) is 0 Å². The number of fused-ring (bicyclic) bond motifs is 1. The Morgan fingerprint density at radius 1 is 1.27 bits per heavy atom. The number of aromatic nitrogens is 1. The van der Waals surface area contributed by atoms with Crippen molar-refractivity contribution in [2.75, 3.05) is 0 Å². The Morgan fingerprint density at radius 3 is 2.87 bits per heavy atom. The van der Waals surface area contributed by atoms with Gasteiger partial charge in [0.15, 0.2) is 0 Å². The van der Waals surface area contributed by atoms with E-state index in [9.17, 15) is 0 Å². The third-order valence-electron chi connectivity index (χ3n) is 2.28. The summed E-state index contributed by atoms with van der Waals surface area (Å²) in [6, 6.07) is 2.18. The van der Waals surface area contributed by atoms with Crippen LogP contribution in [0, 0.1) is 5.92 Å². The second-order valence-electron chi connectivity index (χ2n) is 4.16. The zero-order valence-corrected chi connectivity index (χ0v) is 9.10. The predicted molar refractivity (Wildman–Crippen MR) is 61.9 cm³/mol. The Morgan fingerprint density at radius 2 is 2.07 bits per heavy atom. The Kier molecular flexibility index (Phi) is 2.86. The zero-order chi connectivity index (χ0) is 10.7. The molecular weight excluding hydrogens is 186 g/mol. The zero-order valence-electron chi connectivity index (χ0n) is 9.10. The van der Waals surface area contributed by atoms with E-state index in [2.05, 4.69) is 24.9 Å². The lowest BCUT2D eigenvalue weighted by atomic mass is 10.0. The van der Waals surface area contributed by atoms with Gasteiger partial charge < -0.3 is 4.74 Å². The van der Waals surface area contributed by atoms with Crippen LogP contribution in [0.4, 0.5) is 0 Å². The maximum atomic E-state index is 5.10. The van der Waals surface area contributed by atoms with Gasteiger partial charge in [-0.15, -0.1) is 0 Å². The normalized spacial score (nSPS) is 13.5. The molecule has 0 amide bonds. The van der Waals surface area contributed by atoms with Crippen molar-refractivity contribution in [3.63, 3.8) is 0 Å². The van der Waals surface area contributed by atoms with E-state index in [0.29, 0.717) is 5.92 Å². The molecule has 0 fully saturated rings. The number of hydrogen-bond donors (Lipinski definition) is 0. The second-order valence-corrected chi connectivity index (χ2v) is 4.16. The Labute approximate surface area is 90.3 Å². The summed E-state index contributed by atoms with van der Waals surface area (Å²) in [4.78, 5) is 4.41. The highest BCUT2D eigenvalue weighted by Crippen LogP contribution is 2.17. The van der Waals surface area contributed by atoms with E-state index < -0.39 is 0 Å². The van der Waals surface area contributed by atoms with Crippen LogP contribution in [-0.2, 0) is 11.2 Å². The first-order chi connectivity index (χ1) is 7.25. The SMILES string of the molecule is CC(C)Cc1cnc2c(c1)C=COC=C2. The fourth-order valence-electron chi connectivity index (χ4n) is 1.66. The van der Waals surface area contributed by atoms with Crippen molar-refractivity contribution in [3.05, 3.63) is 41.6 Å². The molecule has 2 nitrogen and oxygen atoms in total. The number of pyridine rings is 1. The van der Waals surface area contributed by atoms with E-state index in [1.165, 1.54) is 5.56 Å². The van der Waals surface area contributed by atoms with Gasteiger partial charge in [0, 0.05) is 11.8 Å². The molecule has 0 radical (unpaired) electrons. The van der Waals surface area contributed by atoms with Crippen LogP contribution < -0.4 is 0 Å². The van der Waals surface area contributed by atoms with Crippen molar-refractivity contribution in [2.24, 2.45) is 5.92 Å². The molecule has 1 aromatic rings. The summed E-state index contributed by atoms with van der Waals surface area (Å²) in [5.41, 5.74) is 3.38. The first kappa shape index (κ1) is 9.97. The predicted octanol–water partition coefficient (Wildman–Crippen LogP) is 3.25. The summed E-state index contributed by atoms with van der Waals surface area (Å²) in [6.07, 6.45) is 10.2. The number of ether oxygens (including phenoxy) is 1. The van der Waals surface area contributed by atoms with E-state index >= 15 is 0 Å². The molecule has 0 N–H and O–H groups in total. The molecule has 0 atom stereocenters. The first-order valence-corrected chi connectivity index (χ1v) is 5.23. The quantitative estimate of drug-likeness (QED) is 0.732. The Hall–Kier alpha value is -1.57. The summed E-state index contributed by atoms with van der Waals surface area (Å²) in [7, 11) is 0. The molecular formula is C13H15NO. The van der Waals surface area contributed by atoms with Crippen molar-refractivity contribution in [1.82, 2.24) is 4.98 Å². The molecule has 0 bridgehead atoms. The van der Waals surface area contributed by atoms with Crippen LogP contribution >= 0.6 is 0 Å². The molecule has 2 rings (SSSR count). The van der Waals surface area contributed by atoms with Gasteiger partial charge in [0.2, 0.25) is 0 Å². The molecule has 1 aliphatic rings. The summed E-state index contributed by atoms with van der Waals surface area (Å²) < 4.78 is 5.10. The Bertz CT molecular complexity index is 405. The second kappa shape index (κ2) is 4.30. The smallest absolute Gasteiger partial charge is 0.0923 e. The molecule has 0 saturated carbocycles. The maximum Gasteiger partial charge on any atom is 0.0923 e. The first-order valence-electron chi connectivity index (χ1n) is 5.23. The largest absolute Gasteiger partial charge is 0.473 e. The van der Waals surface area contributed by atoms with Crippen LogP contribution in [0.15, 0.2) is 24.8 Å². The third kappa shape index (κ3) is 2.46. The van der Waals surface area contributed by atoms with E-state index in [1.807, 2.05) is 18.3 Å². The van der Waals surface area contributed by atoms with Crippen molar-refractivity contribution in [3.8, 4) is 0 Å². The number of hydrogen-bond acceptors (Lipinski definition) is 2. The molecule has 1 aromatic heterocycles. The molecule has 0 spiro atoms.